The first-order chi connectivity index (χ1) is 11.1. The second-order valence-electron chi connectivity index (χ2n) is 5.27. The van der Waals surface area contributed by atoms with Crippen LogP contribution in [0.5, 0.6) is 5.75 Å². The number of aryl methyl sites for hydroxylation is 2. The fourth-order valence-corrected chi connectivity index (χ4v) is 3.19. The van der Waals surface area contributed by atoms with E-state index in [9.17, 15) is 4.79 Å². The number of nitrogens with zero attached hydrogens (tertiary/aromatic N) is 3. The van der Waals surface area contributed by atoms with E-state index in [4.69, 9.17) is 4.74 Å². The SMILES string of the molecule is COc1cccc(-c2csc(Cn3c(C)cc(C)nc3=O)n2)c1. The summed E-state index contributed by atoms with van der Waals surface area (Å²) in [6.07, 6.45) is 0. The molecule has 1 aromatic carbocycles. The van der Waals surface area contributed by atoms with Crippen molar-refractivity contribution in [2.45, 2.75) is 20.4 Å². The van der Waals surface area contributed by atoms with E-state index in [1.54, 1.807) is 11.7 Å². The molecule has 23 heavy (non-hydrogen) atoms. The standard InChI is InChI=1S/C17H17N3O2S/c1-11-7-12(2)20(17(21)18-11)9-16-19-15(10-23-16)13-5-4-6-14(8-13)22-3/h4-8,10H,9H2,1-3H3. The highest BCUT2D eigenvalue weighted by molar-refractivity contribution is 7.09. The molecular formula is C17H17N3O2S. The summed E-state index contributed by atoms with van der Waals surface area (Å²) in [5.74, 6) is 0.798. The van der Waals surface area contributed by atoms with Crippen molar-refractivity contribution >= 4 is 11.3 Å². The molecule has 0 atom stereocenters. The second kappa shape index (κ2) is 6.34. The zero-order chi connectivity index (χ0) is 16.4. The van der Waals surface area contributed by atoms with Crippen molar-refractivity contribution in [3.05, 3.63) is 62.6 Å². The monoisotopic (exact) mass is 327 g/mol. The number of benzene rings is 1. The van der Waals surface area contributed by atoms with Crippen LogP contribution in [0, 0.1) is 13.8 Å². The van der Waals surface area contributed by atoms with E-state index in [0.29, 0.717) is 6.54 Å². The van der Waals surface area contributed by atoms with Crippen LogP contribution in [0.4, 0.5) is 0 Å². The minimum Gasteiger partial charge on any atom is -0.497 e. The summed E-state index contributed by atoms with van der Waals surface area (Å²) in [6.45, 7) is 4.17. The van der Waals surface area contributed by atoms with Gasteiger partial charge in [-0.25, -0.2) is 9.78 Å². The third-order valence-corrected chi connectivity index (χ3v) is 4.39. The normalized spacial score (nSPS) is 10.7. The minimum atomic E-state index is -0.236. The van der Waals surface area contributed by atoms with Gasteiger partial charge in [-0.1, -0.05) is 12.1 Å². The molecule has 0 bridgehead atoms. The van der Waals surface area contributed by atoms with Gasteiger partial charge in [-0.05, 0) is 32.0 Å². The van der Waals surface area contributed by atoms with Gasteiger partial charge in [-0.2, -0.15) is 4.98 Å². The molecule has 0 aliphatic rings. The molecule has 5 nitrogen and oxygen atoms in total. The van der Waals surface area contributed by atoms with Gasteiger partial charge >= 0.3 is 5.69 Å². The van der Waals surface area contributed by atoms with Gasteiger partial charge < -0.3 is 4.74 Å². The highest BCUT2D eigenvalue weighted by Crippen LogP contribution is 2.25. The Balaban J connectivity index is 1.89. The predicted octanol–water partition coefficient (Wildman–Crippen LogP) is 3.04. The number of rotatable bonds is 4. The molecule has 6 heteroatoms. The van der Waals surface area contributed by atoms with Crippen LogP contribution in [-0.4, -0.2) is 21.6 Å². The van der Waals surface area contributed by atoms with Crippen molar-refractivity contribution in [2.75, 3.05) is 7.11 Å². The van der Waals surface area contributed by atoms with Crippen LogP contribution in [0.15, 0.2) is 40.5 Å². The molecule has 0 amide bonds. The summed E-state index contributed by atoms with van der Waals surface area (Å²) in [6, 6.07) is 9.68. The summed E-state index contributed by atoms with van der Waals surface area (Å²) in [5, 5.41) is 2.87. The zero-order valence-electron chi connectivity index (χ0n) is 13.2. The van der Waals surface area contributed by atoms with Crippen molar-refractivity contribution in [3.63, 3.8) is 0 Å². The Kier molecular flexibility index (Phi) is 4.25. The van der Waals surface area contributed by atoms with Crippen LogP contribution in [0.3, 0.4) is 0 Å². The molecule has 0 aliphatic carbocycles. The van der Waals surface area contributed by atoms with E-state index in [0.717, 1.165) is 33.4 Å². The van der Waals surface area contributed by atoms with Crippen LogP contribution < -0.4 is 10.4 Å². The topological polar surface area (TPSA) is 57.0 Å². The van der Waals surface area contributed by atoms with Gasteiger partial charge in [0.1, 0.15) is 10.8 Å². The molecule has 2 aromatic heterocycles. The third-order valence-electron chi connectivity index (χ3n) is 3.56. The average molecular weight is 327 g/mol. The van der Waals surface area contributed by atoms with Gasteiger partial charge in [-0.15, -0.1) is 11.3 Å². The lowest BCUT2D eigenvalue weighted by Gasteiger charge is -2.07. The summed E-state index contributed by atoms with van der Waals surface area (Å²) in [4.78, 5) is 20.7. The molecular weight excluding hydrogens is 310 g/mol. The van der Waals surface area contributed by atoms with Crippen molar-refractivity contribution < 1.29 is 4.74 Å². The highest BCUT2D eigenvalue weighted by atomic mass is 32.1. The molecule has 0 radical (unpaired) electrons. The largest absolute Gasteiger partial charge is 0.497 e. The van der Waals surface area contributed by atoms with E-state index in [1.807, 2.05) is 49.6 Å². The minimum absolute atomic E-state index is 0.236. The first-order valence-electron chi connectivity index (χ1n) is 7.21. The Hall–Kier alpha value is -2.47. The molecule has 0 fully saturated rings. The molecule has 2 heterocycles. The lowest BCUT2D eigenvalue weighted by atomic mass is 10.2. The number of hydrogen-bond acceptors (Lipinski definition) is 5. The van der Waals surface area contributed by atoms with Crippen molar-refractivity contribution in [2.24, 2.45) is 0 Å². The quantitative estimate of drug-likeness (QED) is 0.739. The molecule has 0 unspecified atom stereocenters. The number of ether oxygens (including phenoxy) is 1. The molecule has 0 saturated carbocycles. The maximum atomic E-state index is 12.0. The first-order valence-corrected chi connectivity index (χ1v) is 8.08. The van der Waals surface area contributed by atoms with E-state index < -0.39 is 0 Å². The smallest absolute Gasteiger partial charge is 0.348 e. The number of aromatic nitrogens is 3. The number of hydrogen-bond donors (Lipinski definition) is 0. The van der Waals surface area contributed by atoms with Gasteiger partial charge in [0.15, 0.2) is 0 Å². The van der Waals surface area contributed by atoms with Crippen LogP contribution in [0.2, 0.25) is 0 Å². The van der Waals surface area contributed by atoms with Gasteiger partial charge in [0.2, 0.25) is 0 Å². The average Bonchev–Trinajstić information content (AvgIpc) is 2.99. The molecule has 3 aromatic rings. The molecule has 3 rings (SSSR count). The highest BCUT2D eigenvalue weighted by Gasteiger charge is 2.09. The predicted molar refractivity (Wildman–Crippen MR) is 91.2 cm³/mol. The van der Waals surface area contributed by atoms with Crippen LogP contribution in [-0.2, 0) is 6.54 Å². The van der Waals surface area contributed by atoms with Crippen molar-refractivity contribution in [3.8, 4) is 17.0 Å². The Morgan fingerprint density at radius 2 is 2.04 bits per heavy atom. The van der Waals surface area contributed by atoms with Gasteiger partial charge in [0.05, 0.1) is 19.3 Å². The summed E-state index contributed by atoms with van der Waals surface area (Å²) < 4.78 is 6.88. The zero-order valence-corrected chi connectivity index (χ0v) is 14.1. The lowest BCUT2D eigenvalue weighted by Crippen LogP contribution is -2.26. The lowest BCUT2D eigenvalue weighted by molar-refractivity contribution is 0.415. The Labute approximate surface area is 138 Å². The van der Waals surface area contributed by atoms with Crippen LogP contribution in [0.25, 0.3) is 11.3 Å². The molecule has 0 N–H and O–H groups in total. The van der Waals surface area contributed by atoms with Gasteiger partial charge in [0, 0.05) is 22.3 Å². The maximum absolute atomic E-state index is 12.0. The van der Waals surface area contributed by atoms with E-state index in [-0.39, 0.29) is 5.69 Å². The van der Waals surface area contributed by atoms with Gasteiger partial charge in [0.25, 0.3) is 0 Å². The van der Waals surface area contributed by atoms with Crippen LogP contribution >= 0.6 is 11.3 Å². The second-order valence-corrected chi connectivity index (χ2v) is 6.21. The summed E-state index contributed by atoms with van der Waals surface area (Å²) in [5.41, 5.74) is 3.27. The van der Waals surface area contributed by atoms with Gasteiger partial charge in [-0.3, -0.25) is 4.57 Å². The molecule has 118 valence electrons. The van der Waals surface area contributed by atoms with Crippen molar-refractivity contribution in [1.82, 2.24) is 14.5 Å². The van der Waals surface area contributed by atoms with E-state index >= 15 is 0 Å². The van der Waals surface area contributed by atoms with Crippen molar-refractivity contribution in [1.29, 1.82) is 0 Å². The maximum Gasteiger partial charge on any atom is 0.348 e. The molecule has 0 spiro atoms. The number of thiazole rings is 1. The van der Waals surface area contributed by atoms with E-state index in [2.05, 4.69) is 9.97 Å². The summed E-state index contributed by atoms with van der Waals surface area (Å²) in [7, 11) is 1.64. The van der Waals surface area contributed by atoms with E-state index in [1.165, 1.54) is 11.3 Å². The third kappa shape index (κ3) is 3.32. The fraction of sp³-hybridized carbons (Fsp3) is 0.235. The Morgan fingerprint density at radius 3 is 2.78 bits per heavy atom. The Bertz CT molecular complexity index is 899. The first kappa shape index (κ1) is 15.4. The fourth-order valence-electron chi connectivity index (χ4n) is 2.40. The molecule has 0 aliphatic heterocycles. The molecule has 0 saturated heterocycles. The number of methoxy groups -OCH3 is 1. The summed E-state index contributed by atoms with van der Waals surface area (Å²) >= 11 is 1.53. The van der Waals surface area contributed by atoms with Crippen LogP contribution in [0.1, 0.15) is 16.4 Å². The Morgan fingerprint density at radius 1 is 1.22 bits per heavy atom.